The van der Waals surface area contributed by atoms with Gasteiger partial charge in [0.05, 0.1) is 19.3 Å². The second kappa shape index (κ2) is 5.64. The highest BCUT2D eigenvalue weighted by molar-refractivity contribution is 5.65. The Morgan fingerprint density at radius 1 is 1.38 bits per heavy atom. The SMILES string of the molecule is CC(=O)OC[C@@]12CC=C(C)[C@@H](C1)C(c1ccccc1)OC2. The van der Waals surface area contributed by atoms with Crippen molar-refractivity contribution in [3.05, 3.63) is 47.5 Å². The second-order valence-corrected chi connectivity index (χ2v) is 6.39. The van der Waals surface area contributed by atoms with Crippen LogP contribution in [0.5, 0.6) is 0 Å². The number of carbonyl (C=O) groups is 1. The van der Waals surface area contributed by atoms with Crippen LogP contribution in [-0.4, -0.2) is 19.2 Å². The minimum Gasteiger partial charge on any atom is -0.465 e. The normalized spacial score (nSPS) is 31.4. The number of rotatable bonds is 3. The molecule has 1 aromatic carbocycles. The summed E-state index contributed by atoms with van der Waals surface area (Å²) in [7, 11) is 0. The second-order valence-electron chi connectivity index (χ2n) is 6.39. The molecule has 0 spiro atoms. The maximum Gasteiger partial charge on any atom is 0.302 e. The molecule has 0 radical (unpaired) electrons. The zero-order valence-electron chi connectivity index (χ0n) is 12.7. The van der Waals surface area contributed by atoms with Gasteiger partial charge in [-0.25, -0.2) is 0 Å². The number of fused-ring (bicyclic) bond motifs is 2. The van der Waals surface area contributed by atoms with Gasteiger partial charge in [0.25, 0.3) is 0 Å². The molecule has 1 heterocycles. The van der Waals surface area contributed by atoms with E-state index in [1.165, 1.54) is 18.1 Å². The molecule has 3 nitrogen and oxygen atoms in total. The molecule has 1 aromatic rings. The maximum atomic E-state index is 11.1. The number of allylic oxidation sites excluding steroid dienone is 1. The van der Waals surface area contributed by atoms with Gasteiger partial charge in [0.2, 0.25) is 0 Å². The van der Waals surface area contributed by atoms with Crippen molar-refractivity contribution in [3.63, 3.8) is 0 Å². The highest BCUT2D eigenvalue weighted by Gasteiger charge is 2.45. The first-order valence-electron chi connectivity index (χ1n) is 7.56. The van der Waals surface area contributed by atoms with Crippen molar-refractivity contribution in [1.82, 2.24) is 0 Å². The molecule has 0 saturated carbocycles. The van der Waals surface area contributed by atoms with Gasteiger partial charge >= 0.3 is 5.97 Å². The van der Waals surface area contributed by atoms with Crippen LogP contribution in [0, 0.1) is 11.3 Å². The van der Waals surface area contributed by atoms with Gasteiger partial charge in [-0.2, -0.15) is 0 Å². The molecule has 3 heteroatoms. The van der Waals surface area contributed by atoms with E-state index in [0.29, 0.717) is 19.1 Å². The summed E-state index contributed by atoms with van der Waals surface area (Å²) in [6.45, 7) is 4.77. The molecule has 3 atom stereocenters. The quantitative estimate of drug-likeness (QED) is 0.628. The van der Waals surface area contributed by atoms with Crippen LogP contribution in [0.2, 0.25) is 0 Å². The lowest BCUT2D eigenvalue weighted by atomic mass is 9.67. The van der Waals surface area contributed by atoms with Crippen LogP contribution in [0.25, 0.3) is 0 Å². The summed E-state index contributed by atoms with van der Waals surface area (Å²) in [5.41, 5.74) is 2.58. The van der Waals surface area contributed by atoms with Gasteiger partial charge in [-0.15, -0.1) is 0 Å². The van der Waals surface area contributed by atoms with Gasteiger partial charge < -0.3 is 9.47 Å². The van der Waals surface area contributed by atoms with Crippen LogP contribution in [0.4, 0.5) is 0 Å². The summed E-state index contributed by atoms with van der Waals surface area (Å²) in [4.78, 5) is 11.1. The topological polar surface area (TPSA) is 35.5 Å². The Balaban J connectivity index is 1.81. The highest BCUT2D eigenvalue weighted by Crippen LogP contribution is 2.50. The van der Waals surface area contributed by atoms with Gasteiger partial charge in [0, 0.05) is 18.3 Å². The summed E-state index contributed by atoms with van der Waals surface area (Å²) in [5.74, 6) is 0.169. The molecule has 0 N–H and O–H groups in total. The molecular weight excluding hydrogens is 264 g/mol. The molecule has 1 saturated heterocycles. The molecule has 1 aliphatic carbocycles. The first-order chi connectivity index (χ1) is 10.1. The molecule has 2 bridgehead atoms. The third-order valence-electron chi connectivity index (χ3n) is 4.74. The third-order valence-corrected chi connectivity index (χ3v) is 4.74. The third kappa shape index (κ3) is 2.88. The average molecular weight is 286 g/mol. The predicted molar refractivity (Wildman–Crippen MR) is 80.7 cm³/mol. The van der Waals surface area contributed by atoms with Crippen molar-refractivity contribution < 1.29 is 14.3 Å². The van der Waals surface area contributed by atoms with Gasteiger partial charge in [-0.05, 0) is 25.3 Å². The summed E-state index contributed by atoms with van der Waals surface area (Å²) in [6, 6.07) is 10.4. The van der Waals surface area contributed by atoms with E-state index in [1.54, 1.807) is 0 Å². The highest BCUT2D eigenvalue weighted by atomic mass is 16.5. The van der Waals surface area contributed by atoms with Gasteiger partial charge in [0.15, 0.2) is 0 Å². The lowest BCUT2D eigenvalue weighted by molar-refractivity contribution is -0.156. The molecular formula is C18H22O3. The Kier molecular flexibility index (Phi) is 3.85. The zero-order chi connectivity index (χ0) is 14.9. The predicted octanol–water partition coefficient (Wildman–Crippen LogP) is 3.66. The van der Waals surface area contributed by atoms with E-state index < -0.39 is 0 Å². The zero-order valence-corrected chi connectivity index (χ0v) is 12.7. The van der Waals surface area contributed by atoms with Crippen molar-refractivity contribution in [3.8, 4) is 0 Å². The van der Waals surface area contributed by atoms with Gasteiger partial charge in [-0.3, -0.25) is 4.79 Å². The average Bonchev–Trinajstić information content (AvgIpc) is 2.51. The van der Waals surface area contributed by atoms with Crippen LogP contribution < -0.4 is 0 Å². The summed E-state index contributed by atoms with van der Waals surface area (Å²) < 4.78 is 11.5. The Labute approximate surface area is 125 Å². The molecule has 112 valence electrons. The van der Waals surface area contributed by atoms with Crippen LogP contribution in [0.1, 0.15) is 38.4 Å². The van der Waals surface area contributed by atoms with E-state index in [1.807, 2.05) is 6.07 Å². The molecule has 0 amide bonds. The number of esters is 1. The first-order valence-corrected chi connectivity index (χ1v) is 7.56. The number of hydrogen-bond donors (Lipinski definition) is 0. The fraction of sp³-hybridized carbons (Fsp3) is 0.500. The lowest BCUT2D eigenvalue weighted by Gasteiger charge is -2.47. The smallest absolute Gasteiger partial charge is 0.302 e. The Morgan fingerprint density at radius 3 is 2.86 bits per heavy atom. The number of ether oxygens (including phenoxy) is 2. The van der Waals surface area contributed by atoms with E-state index in [2.05, 4.69) is 37.3 Å². The first kappa shape index (κ1) is 14.3. The summed E-state index contributed by atoms with van der Waals surface area (Å²) in [6.07, 6.45) is 4.38. The number of benzene rings is 1. The fourth-order valence-corrected chi connectivity index (χ4v) is 3.47. The maximum absolute atomic E-state index is 11.1. The van der Waals surface area contributed by atoms with Crippen LogP contribution in [-0.2, 0) is 14.3 Å². The van der Waals surface area contributed by atoms with Crippen LogP contribution >= 0.6 is 0 Å². The van der Waals surface area contributed by atoms with Gasteiger partial charge in [-0.1, -0.05) is 42.0 Å². The van der Waals surface area contributed by atoms with Crippen molar-refractivity contribution in [2.24, 2.45) is 11.3 Å². The molecule has 1 unspecified atom stereocenters. The molecule has 1 aliphatic heterocycles. The van der Waals surface area contributed by atoms with E-state index >= 15 is 0 Å². The summed E-state index contributed by atoms with van der Waals surface area (Å²) >= 11 is 0. The monoisotopic (exact) mass is 286 g/mol. The molecule has 1 fully saturated rings. The molecule has 21 heavy (non-hydrogen) atoms. The van der Waals surface area contributed by atoms with Crippen molar-refractivity contribution in [2.45, 2.75) is 32.8 Å². The van der Waals surface area contributed by atoms with E-state index in [0.717, 1.165) is 12.8 Å². The Morgan fingerprint density at radius 2 is 2.14 bits per heavy atom. The van der Waals surface area contributed by atoms with Crippen LogP contribution in [0.3, 0.4) is 0 Å². The molecule has 3 rings (SSSR count). The van der Waals surface area contributed by atoms with E-state index in [9.17, 15) is 4.79 Å². The standard InChI is InChI=1S/C18H22O3/c1-13-8-9-18(11-20-14(2)19)10-16(13)17(21-12-18)15-6-4-3-5-7-15/h3-8,16-17H,9-12H2,1-2H3/t16-,17?,18-/m1/s1. The minimum atomic E-state index is -0.211. The molecule has 0 aromatic heterocycles. The number of carbonyl (C=O) groups excluding carboxylic acids is 1. The van der Waals surface area contributed by atoms with Crippen LogP contribution in [0.15, 0.2) is 42.0 Å². The van der Waals surface area contributed by atoms with Crippen molar-refractivity contribution in [2.75, 3.05) is 13.2 Å². The Hall–Kier alpha value is -1.61. The van der Waals surface area contributed by atoms with E-state index in [4.69, 9.17) is 9.47 Å². The van der Waals surface area contributed by atoms with Crippen molar-refractivity contribution in [1.29, 1.82) is 0 Å². The Bertz CT molecular complexity index is 549. The van der Waals surface area contributed by atoms with E-state index in [-0.39, 0.29) is 17.5 Å². The largest absolute Gasteiger partial charge is 0.465 e. The molecule has 2 aliphatic rings. The lowest BCUT2D eigenvalue weighted by Crippen LogP contribution is -2.44. The number of hydrogen-bond acceptors (Lipinski definition) is 3. The fourth-order valence-electron chi connectivity index (χ4n) is 3.47. The van der Waals surface area contributed by atoms with Gasteiger partial charge in [0.1, 0.15) is 0 Å². The minimum absolute atomic E-state index is 0.0405. The summed E-state index contributed by atoms with van der Waals surface area (Å²) in [5, 5.41) is 0. The van der Waals surface area contributed by atoms with Crippen molar-refractivity contribution >= 4 is 5.97 Å².